The molecule has 10 rings (SSSR count). The van der Waals surface area contributed by atoms with Crippen LogP contribution in [0.4, 0.5) is 34.1 Å². The Morgan fingerprint density at radius 3 is 1.41 bits per heavy atom. The van der Waals surface area contributed by atoms with Crippen LogP contribution in [0, 0.1) is 0 Å². The van der Waals surface area contributed by atoms with Crippen molar-refractivity contribution in [2.24, 2.45) is 0 Å². The van der Waals surface area contributed by atoms with Gasteiger partial charge in [0.05, 0.1) is 5.69 Å². The zero-order valence-corrected chi connectivity index (χ0v) is 46.9. The lowest BCUT2D eigenvalue weighted by Crippen LogP contribution is -2.62. The van der Waals surface area contributed by atoms with E-state index in [1.54, 1.807) is 0 Å². The molecule has 2 aliphatic carbocycles. The van der Waals surface area contributed by atoms with Gasteiger partial charge in [0, 0.05) is 34.0 Å². The van der Waals surface area contributed by atoms with Crippen LogP contribution in [0.3, 0.4) is 0 Å². The van der Waals surface area contributed by atoms with Gasteiger partial charge in [-0.1, -0.05) is 193 Å². The predicted octanol–water partition coefficient (Wildman–Crippen LogP) is 16.9. The molecule has 2 aliphatic heterocycles. The molecule has 0 unspecified atom stereocenters. The first-order valence-electron chi connectivity index (χ1n) is 26.7. The second kappa shape index (κ2) is 15.3. The van der Waals surface area contributed by atoms with Crippen LogP contribution in [-0.4, -0.2) is 6.71 Å². The third kappa shape index (κ3) is 7.73. The average Bonchev–Trinajstić information content (AvgIpc) is 3.44. The van der Waals surface area contributed by atoms with Crippen LogP contribution < -0.4 is 26.2 Å². The molecule has 0 saturated carbocycles. The van der Waals surface area contributed by atoms with Crippen molar-refractivity contribution in [1.29, 1.82) is 0 Å². The Labute approximate surface area is 424 Å². The van der Waals surface area contributed by atoms with E-state index in [1.807, 2.05) is 0 Å². The quantitative estimate of drug-likeness (QED) is 0.163. The Hall–Kier alpha value is -5.02. The molecule has 0 bridgehead atoms. The molecule has 6 aromatic carbocycles. The zero-order chi connectivity index (χ0) is 50.8. The minimum Gasteiger partial charge on any atom is -0.311 e. The molecule has 4 aliphatic rings. The SMILES string of the molecule is CC(C)(C)c1ccc(N2c3ccc(C(C)(C)C)cc3B3c4cc5c(cc4N(c4ccc(C(C)(C)C)cc4-c4ccc6c(c4)C(C)(C)CCC6(C)C)c4cc(C(C)(C)C)cc2c43)C(C)(C)CC5(C)C)cc1. The Balaban J connectivity index is 1.36. The summed E-state index contributed by atoms with van der Waals surface area (Å²) >= 11 is 0. The van der Waals surface area contributed by atoms with E-state index < -0.39 is 0 Å². The van der Waals surface area contributed by atoms with Gasteiger partial charge in [-0.05, 0) is 178 Å². The number of hydrogen-bond acceptors (Lipinski definition) is 2. The molecule has 0 N–H and O–H groups in total. The van der Waals surface area contributed by atoms with Crippen molar-refractivity contribution in [3.8, 4) is 11.1 Å². The summed E-state index contributed by atoms with van der Waals surface area (Å²) < 4.78 is 0. The first-order chi connectivity index (χ1) is 32.2. The summed E-state index contributed by atoms with van der Waals surface area (Å²) in [7, 11) is 0. The maximum Gasteiger partial charge on any atom is 0.252 e. The van der Waals surface area contributed by atoms with Crippen molar-refractivity contribution in [3.05, 3.63) is 148 Å². The molecule has 0 saturated heterocycles. The van der Waals surface area contributed by atoms with E-state index in [2.05, 4.69) is 251 Å². The number of fused-ring (bicyclic) bond motifs is 6. The molecule has 0 amide bonds. The van der Waals surface area contributed by atoms with E-state index in [9.17, 15) is 0 Å². The summed E-state index contributed by atoms with van der Waals surface area (Å²) in [5, 5.41) is 0. The highest BCUT2D eigenvalue weighted by Crippen LogP contribution is 2.55. The van der Waals surface area contributed by atoms with Gasteiger partial charge in [-0.2, -0.15) is 0 Å². The smallest absolute Gasteiger partial charge is 0.252 e. The van der Waals surface area contributed by atoms with Crippen LogP contribution in [-0.2, 0) is 43.3 Å². The highest BCUT2D eigenvalue weighted by molar-refractivity contribution is 7.00. The lowest BCUT2D eigenvalue weighted by Gasteiger charge is -2.46. The van der Waals surface area contributed by atoms with Gasteiger partial charge in [-0.25, -0.2) is 0 Å². The molecule has 70 heavy (non-hydrogen) atoms. The topological polar surface area (TPSA) is 6.48 Å². The van der Waals surface area contributed by atoms with E-state index in [1.165, 1.54) is 119 Å². The second-order valence-corrected chi connectivity index (χ2v) is 29.0. The molecule has 364 valence electrons. The number of hydrogen-bond donors (Lipinski definition) is 0. The van der Waals surface area contributed by atoms with Crippen LogP contribution in [0.5, 0.6) is 0 Å². The van der Waals surface area contributed by atoms with Crippen LogP contribution in [0.15, 0.2) is 103 Å². The second-order valence-electron chi connectivity index (χ2n) is 29.0. The Kier molecular flexibility index (Phi) is 10.6. The fourth-order valence-electron chi connectivity index (χ4n) is 13.2. The summed E-state index contributed by atoms with van der Waals surface area (Å²) in [6, 6.07) is 42.5. The van der Waals surface area contributed by atoms with E-state index in [0.29, 0.717) is 0 Å². The summed E-state index contributed by atoms with van der Waals surface area (Å²) in [4.78, 5) is 5.37. The zero-order valence-electron chi connectivity index (χ0n) is 46.9. The average molecular weight is 927 g/mol. The molecule has 0 radical (unpaired) electrons. The molecule has 0 atom stereocenters. The molecule has 0 spiro atoms. The molecule has 2 heterocycles. The van der Waals surface area contributed by atoms with Gasteiger partial charge in [-0.3, -0.25) is 0 Å². The van der Waals surface area contributed by atoms with Gasteiger partial charge in [0.15, 0.2) is 0 Å². The van der Waals surface area contributed by atoms with Crippen LogP contribution >= 0.6 is 0 Å². The van der Waals surface area contributed by atoms with Crippen molar-refractivity contribution >= 4 is 57.2 Å². The van der Waals surface area contributed by atoms with Gasteiger partial charge < -0.3 is 9.80 Å². The van der Waals surface area contributed by atoms with Crippen molar-refractivity contribution in [1.82, 2.24) is 0 Å². The maximum absolute atomic E-state index is 2.75. The normalized spacial score (nSPS) is 18.5. The Morgan fingerprint density at radius 1 is 0.371 bits per heavy atom. The van der Waals surface area contributed by atoms with E-state index in [4.69, 9.17) is 0 Å². The largest absolute Gasteiger partial charge is 0.311 e. The monoisotopic (exact) mass is 927 g/mol. The lowest BCUT2D eigenvalue weighted by atomic mass is 9.33. The molecular formula is C67H83BN2. The van der Waals surface area contributed by atoms with Gasteiger partial charge in [0.25, 0.3) is 6.71 Å². The molecule has 2 nitrogen and oxygen atoms in total. The number of benzene rings is 6. The van der Waals surface area contributed by atoms with E-state index in [-0.39, 0.29) is 50.0 Å². The van der Waals surface area contributed by atoms with Crippen LogP contribution in [0.2, 0.25) is 0 Å². The number of rotatable bonds is 3. The molecule has 3 heteroatoms. The fraction of sp³-hybridized carbons (Fsp3) is 0.463. The summed E-state index contributed by atoms with van der Waals surface area (Å²) in [6.45, 7) is 48.2. The van der Waals surface area contributed by atoms with Gasteiger partial charge in [-0.15, -0.1) is 0 Å². The Morgan fingerprint density at radius 2 is 0.843 bits per heavy atom. The minimum atomic E-state index is -0.120. The van der Waals surface area contributed by atoms with Crippen LogP contribution in [0.25, 0.3) is 11.1 Å². The standard InChI is InChI=1S/C67H83BN2/c1-60(2,3)42-22-26-46(27-23-42)69-55-30-25-44(62(7,8)9)35-52(55)68-53-38-50-51(67(19,20)40-66(50,17)18)39-56(53)70(58-37-45(63(10,11)12)36-57(69)59(58)68)54-29-24-43(61(4,5)6)34-47(54)41-21-28-48-49(33-41)65(15,16)32-31-64(48,13)14/h21-30,33-39H,31-32,40H2,1-20H3. The number of nitrogens with zero attached hydrogens (tertiary/aromatic N) is 2. The Bertz CT molecular complexity index is 3110. The van der Waals surface area contributed by atoms with Crippen molar-refractivity contribution in [2.75, 3.05) is 9.80 Å². The van der Waals surface area contributed by atoms with E-state index in [0.717, 1.165) is 6.42 Å². The highest BCUT2D eigenvalue weighted by Gasteiger charge is 2.49. The lowest BCUT2D eigenvalue weighted by molar-refractivity contribution is 0.332. The summed E-state index contributed by atoms with van der Waals surface area (Å²) in [5.74, 6) is 0. The van der Waals surface area contributed by atoms with Gasteiger partial charge in [0.2, 0.25) is 0 Å². The summed E-state index contributed by atoms with van der Waals surface area (Å²) in [5.41, 5.74) is 26.0. The van der Waals surface area contributed by atoms with Crippen molar-refractivity contribution in [2.45, 2.75) is 201 Å². The molecular weight excluding hydrogens is 844 g/mol. The third-order valence-electron chi connectivity index (χ3n) is 17.5. The van der Waals surface area contributed by atoms with Gasteiger partial charge in [0.1, 0.15) is 0 Å². The fourth-order valence-corrected chi connectivity index (χ4v) is 13.2. The molecule has 0 fully saturated rings. The molecule has 0 aromatic heterocycles. The van der Waals surface area contributed by atoms with Crippen molar-refractivity contribution < 1.29 is 0 Å². The highest BCUT2D eigenvalue weighted by atomic mass is 15.2. The van der Waals surface area contributed by atoms with Gasteiger partial charge >= 0.3 is 0 Å². The third-order valence-corrected chi connectivity index (χ3v) is 17.5. The van der Waals surface area contributed by atoms with Crippen LogP contribution in [0.1, 0.15) is 202 Å². The minimum absolute atomic E-state index is 0.0217. The van der Waals surface area contributed by atoms with Crippen molar-refractivity contribution in [3.63, 3.8) is 0 Å². The van der Waals surface area contributed by atoms with E-state index >= 15 is 0 Å². The predicted molar refractivity (Wildman–Crippen MR) is 307 cm³/mol. The maximum atomic E-state index is 2.75. The summed E-state index contributed by atoms with van der Waals surface area (Å²) in [6.07, 6.45) is 3.50. The number of anilines is 6. The molecule has 6 aromatic rings. The first-order valence-corrected chi connectivity index (χ1v) is 26.7. The first kappa shape index (κ1) is 48.6.